The first-order valence-corrected chi connectivity index (χ1v) is 12.3. The van der Waals surface area contributed by atoms with Crippen molar-refractivity contribution in [2.45, 2.75) is 38.6 Å². The maximum Gasteiger partial charge on any atom is 0.261 e. The average Bonchev–Trinajstić information content (AvgIpc) is 2.77. The van der Waals surface area contributed by atoms with Gasteiger partial charge in [0.15, 0.2) is 0 Å². The Morgan fingerprint density at radius 2 is 1.94 bits per heavy atom. The van der Waals surface area contributed by atoms with Gasteiger partial charge in [0.1, 0.15) is 6.04 Å². The predicted octanol–water partition coefficient (Wildman–Crippen LogP) is 0.520. The van der Waals surface area contributed by atoms with E-state index in [1.807, 2.05) is 19.1 Å². The summed E-state index contributed by atoms with van der Waals surface area (Å²) < 4.78 is 0. The van der Waals surface area contributed by atoms with Gasteiger partial charge in [-0.15, -0.1) is 0 Å². The van der Waals surface area contributed by atoms with Crippen LogP contribution in [-0.2, 0) is 14.4 Å². The minimum absolute atomic E-state index is 0.109. The van der Waals surface area contributed by atoms with E-state index in [9.17, 15) is 19.2 Å². The number of hydrogen-bond acceptors (Lipinski definition) is 7. The number of aryl methyl sites for hydroxylation is 1. The second-order valence-corrected chi connectivity index (χ2v) is 10.5. The summed E-state index contributed by atoms with van der Waals surface area (Å²) in [6, 6.07) is 4.71. The summed E-state index contributed by atoms with van der Waals surface area (Å²) in [5.74, 6) is -0.676. The van der Waals surface area contributed by atoms with Gasteiger partial charge >= 0.3 is 0 Å². The van der Waals surface area contributed by atoms with E-state index in [-0.39, 0.29) is 18.7 Å². The Balaban J connectivity index is 1.19. The van der Waals surface area contributed by atoms with Crippen molar-refractivity contribution in [1.82, 2.24) is 20.4 Å². The third-order valence-electron chi connectivity index (χ3n) is 8.05. The minimum Gasteiger partial charge on any atom is -0.370 e. The molecule has 34 heavy (non-hydrogen) atoms. The first-order valence-electron chi connectivity index (χ1n) is 12.3. The summed E-state index contributed by atoms with van der Waals surface area (Å²) >= 11 is 0. The Bertz CT molecular complexity index is 991. The second-order valence-electron chi connectivity index (χ2n) is 10.5. The molecule has 0 aromatic heterocycles. The Morgan fingerprint density at radius 3 is 2.53 bits per heavy atom. The number of nitrogens with zero attached hydrogens (tertiary/aromatic N) is 3. The molecule has 4 amide bonds. The molecule has 1 aromatic carbocycles. The standard InChI is InChI=1S/C25H33N5O4/c1-17-10-19(29-14-25(15-29)6-8-28(9-7-25)13-18-11-26-12-18)2-3-20(17)24(34)30(16-31)21-4-5-22(32)27-23(21)33/h2-3,10,16,18,21,26H,4-9,11-15H2,1H3,(H,27,32,33). The summed E-state index contributed by atoms with van der Waals surface area (Å²) in [5.41, 5.74) is 2.65. The number of imide groups is 2. The number of amides is 4. The first kappa shape index (κ1) is 23.0. The van der Waals surface area contributed by atoms with Crippen LogP contribution in [-0.4, -0.2) is 85.8 Å². The van der Waals surface area contributed by atoms with Gasteiger partial charge in [-0.3, -0.25) is 29.4 Å². The zero-order chi connectivity index (χ0) is 23.9. The van der Waals surface area contributed by atoms with E-state index < -0.39 is 17.9 Å². The molecule has 182 valence electrons. The zero-order valence-corrected chi connectivity index (χ0v) is 19.7. The van der Waals surface area contributed by atoms with E-state index in [4.69, 9.17) is 0 Å². The van der Waals surface area contributed by atoms with Crippen molar-refractivity contribution in [2.75, 3.05) is 50.7 Å². The van der Waals surface area contributed by atoms with Crippen LogP contribution in [0, 0.1) is 18.3 Å². The SMILES string of the molecule is Cc1cc(N2CC3(CCN(CC4CNC4)CC3)C2)ccc1C(=O)N(C=O)C1CCC(=O)NC1=O. The lowest BCUT2D eigenvalue weighted by Crippen LogP contribution is -2.61. The molecule has 1 aromatic rings. The largest absolute Gasteiger partial charge is 0.370 e. The number of benzene rings is 1. The Kier molecular flexibility index (Phi) is 6.16. The predicted molar refractivity (Wildman–Crippen MR) is 126 cm³/mol. The van der Waals surface area contributed by atoms with Gasteiger partial charge in [0, 0.05) is 55.8 Å². The number of piperidine rings is 2. The zero-order valence-electron chi connectivity index (χ0n) is 19.7. The van der Waals surface area contributed by atoms with Gasteiger partial charge in [-0.05, 0) is 69.0 Å². The number of anilines is 1. The lowest BCUT2D eigenvalue weighted by Gasteiger charge is -2.55. The Morgan fingerprint density at radius 1 is 1.21 bits per heavy atom. The van der Waals surface area contributed by atoms with Gasteiger partial charge in [-0.2, -0.15) is 0 Å². The Labute approximate surface area is 199 Å². The van der Waals surface area contributed by atoms with Gasteiger partial charge in [-0.25, -0.2) is 0 Å². The number of likely N-dealkylation sites (tertiary alicyclic amines) is 1. The molecule has 0 aliphatic carbocycles. The van der Waals surface area contributed by atoms with E-state index in [1.54, 1.807) is 6.07 Å². The fraction of sp³-hybridized carbons (Fsp3) is 0.600. The van der Waals surface area contributed by atoms with Crippen LogP contribution in [0.5, 0.6) is 0 Å². The molecular weight excluding hydrogens is 434 g/mol. The molecule has 9 nitrogen and oxygen atoms in total. The highest BCUT2D eigenvalue weighted by atomic mass is 16.2. The van der Waals surface area contributed by atoms with Crippen LogP contribution < -0.4 is 15.5 Å². The Hall–Kier alpha value is -2.78. The van der Waals surface area contributed by atoms with Crippen LogP contribution in [0.4, 0.5) is 5.69 Å². The molecule has 4 heterocycles. The summed E-state index contributed by atoms with van der Waals surface area (Å²) in [7, 11) is 0. The van der Waals surface area contributed by atoms with Gasteiger partial charge < -0.3 is 15.1 Å². The number of hydrogen-bond donors (Lipinski definition) is 2. The highest BCUT2D eigenvalue weighted by Crippen LogP contribution is 2.43. The maximum absolute atomic E-state index is 13.1. The fourth-order valence-electron chi connectivity index (χ4n) is 5.75. The molecule has 4 aliphatic rings. The molecule has 0 bridgehead atoms. The van der Waals surface area contributed by atoms with E-state index in [0.29, 0.717) is 17.4 Å². The fourth-order valence-corrected chi connectivity index (χ4v) is 5.75. The van der Waals surface area contributed by atoms with Crippen molar-refractivity contribution < 1.29 is 19.2 Å². The summed E-state index contributed by atoms with van der Waals surface area (Å²) in [5, 5.41) is 5.56. The molecule has 0 saturated carbocycles. The van der Waals surface area contributed by atoms with Gasteiger partial charge in [-0.1, -0.05) is 0 Å². The average molecular weight is 468 g/mol. The van der Waals surface area contributed by atoms with Crippen LogP contribution in [0.25, 0.3) is 0 Å². The molecule has 9 heteroatoms. The van der Waals surface area contributed by atoms with Crippen LogP contribution in [0.1, 0.15) is 41.6 Å². The van der Waals surface area contributed by atoms with Crippen LogP contribution in [0.2, 0.25) is 0 Å². The lowest BCUT2D eigenvalue weighted by atomic mass is 9.71. The van der Waals surface area contributed by atoms with Gasteiger partial charge in [0.25, 0.3) is 5.91 Å². The summed E-state index contributed by atoms with van der Waals surface area (Å²) in [6.45, 7) is 9.82. The summed E-state index contributed by atoms with van der Waals surface area (Å²) in [6.07, 6.45) is 3.12. The second kappa shape index (κ2) is 9.11. The van der Waals surface area contributed by atoms with Crippen LogP contribution in [0.15, 0.2) is 18.2 Å². The van der Waals surface area contributed by atoms with Crippen molar-refractivity contribution in [3.8, 4) is 0 Å². The summed E-state index contributed by atoms with van der Waals surface area (Å²) in [4.78, 5) is 54.2. The van der Waals surface area contributed by atoms with E-state index >= 15 is 0 Å². The molecule has 1 spiro atoms. The van der Waals surface area contributed by atoms with Crippen molar-refractivity contribution in [3.05, 3.63) is 29.3 Å². The van der Waals surface area contributed by atoms with Crippen LogP contribution >= 0.6 is 0 Å². The van der Waals surface area contributed by atoms with E-state index in [2.05, 4.69) is 20.4 Å². The molecule has 4 aliphatic heterocycles. The van der Waals surface area contributed by atoms with Crippen LogP contribution in [0.3, 0.4) is 0 Å². The number of rotatable bonds is 6. The maximum atomic E-state index is 13.1. The van der Waals surface area contributed by atoms with Gasteiger partial charge in [0.2, 0.25) is 18.2 Å². The molecule has 4 fully saturated rings. The number of carbonyl (C=O) groups excluding carboxylic acids is 4. The monoisotopic (exact) mass is 467 g/mol. The number of nitrogens with one attached hydrogen (secondary N) is 2. The molecule has 5 rings (SSSR count). The van der Waals surface area contributed by atoms with E-state index in [1.165, 1.54) is 32.5 Å². The lowest BCUT2D eigenvalue weighted by molar-refractivity contribution is -0.139. The molecule has 1 atom stereocenters. The molecule has 1 unspecified atom stereocenters. The van der Waals surface area contributed by atoms with Crippen molar-refractivity contribution in [3.63, 3.8) is 0 Å². The van der Waals surface area contributed by atoms with Crippen molar-refractivity contribution in [1.29, 1.82) is 0 Å². The molecular formula is C25H33N5O4. The third kappa shape index (κ3) is 4.34. The van der Waals surface area contributed by atoms with Crippen molar-refractivity contribution >= 4 is 29.8 Å². The topological polar surface area (TPSA) is 102 Å². The highest BCUT2D eigenvalue weighted by molar-refractivity contribution is 6.07. The molecule has 0 radical (unpaired) electrons. The smallest absolute Gasteiger partial charge is 0.261 e. The molecule has 4 saturated heterocycles. The normalized spacial score (nSPS) is 24.9. The van der Waals surface area contributed by atoms with Crippen molar-refractivity contribution in [2.24, 2.45) is 11.3 Å². The quantitative estimate of drug-likeness (QED) is 0.465. The molecule has 2 N–H and O–H groups in total. The van der Waals surface area contributed by atoms with Gasteiger partial charge in [0.05, 0.1) is 0 Å². The minimum atomic E-state index is -0.955. The number of carbonyl (C=O) groups is 4. The van der Waals surface area contributed by atoms with E-state index in [0.717, 1.165) is 48.2 Å². The first-order chi connectivity index (χ1) is 16.4. The highest BCUT2D eigenvalue weighted by Gasteiger charge is 2.45. The third-order valence-corrected chi connectivity index (χ3v) is 8.05.